The van der Waals surface area contributed by atoms with Crippen LogP contribution in [-0.4, -0.2) is 96.7 Å². The first kappa shape index (κ1) is 88.1. The minimum atomic E-state index is -4.95. The summed E-state index contributed by atoms with van der Waals surface area (Å²) in [6, 6.07) is 0. The quantitative estimate of drug-likeness (QED) is 0.0222. The minimum Gasteiger partial charge on any atom is -0.462 e. The van der Waals surface area contributed by atoms with Crippen LogP contribution in [0.3, 0.4) is 0 Å². The smallest absolute Gasteiger partial charge is 0.462 e. The molecule has 3 N–H and O–H groups in total. The average molecular weight is 1330 g/mol. The number of hydrogen-bond acceptors (Lipinski definition) is 15. The first-order chi connectivity index (χ1) is 43.5. The lowest BCUT2D eigenvalue weighted by atomic mass is 10.0. The van der Waals surface area contributed by atoms with Gasteiger partial charge in [-0.2, -0.15) is 0 Å². The number of esters is 4. The molecule has 90 heavy (non-hydrogen) atoms. The molecule has 0 bridgehead atoms. The van der Waals surface area contributed by atoms with Crippen LogP contribution in [0.4, 0.5) is 0 Å². The van der Waals surface area contributed by atoms with Gasteiger partial charge in [-0.3, -0.25) is 37.3 Å². The van der Waals surface area contributed by atoms with E-state index in [0.717, 1.165) is 109 Å². The van der Waals surface area contributed by atoms with E-state index in [9.17, 15) is 43.2 Å². The Morgan fingerprint density at radius 3 is 0.756 bits per heavy atom. The molecule has 0 aliphatic carbocycles. The number of carbonyl (C=O) groups is 4. The standard InChI is InChI=1S/C71H138O17P2/c1-6-9-12-15-18-21-22-23-24-25-26-27-28-29-30-33-37-42-47-52-57-71(76)88-67(61-82-69(74)55-50-45-41-36-34-31-32-35-38-43-48-53-64(4)5)63-86-90(79,80)84-59-65(72)58-83-89(77,78)85-62-66(87-70(75)56-51-46-40-20-17-14-11-8-3)60-81-68(73)54-49-44-39-19-16-13-10-7-2/h64-67,72H,6-63H2,1-5H3,(H,77,78)(H,79,80)/t65-,66+,67+/m0/s1. The summed E-state index contributed by atoms with van der Waals surface area (Å²) in [5.74, 6) is -1.36. The molecule has 0 spiro atoms. The number of unbranched alkanes of at least 4 members (excludes halogenated alkanes) is 43. The van der Waals surface area contributed by atoms with Crippen molar-refractivity contribution in [1.82, 2.24) is 0 Å². The van der Waals surface area contributed by atoms with Crippen molar-refractivity contribution in [2.24, 2.45) is 5.92 Å². The second-order valence-corrected chi connectivity index (χ2v) is 29.0. The first-order valence-electron chi connectivity index (χ1n) is 37.1. The van der Waals surface area contributed by atoms with Crippen molar-refractivity contribution in [2.75, 3.05) is 39.6 Å². The van der Waals surface area contributed by atoms with E-state index in [1.807, 2.05) is 0 Å². The maximum atomic E-state index is 13.0. The molecule has 0 aromatic carbocycles. The molecule has 0 amide bonds. The third-order valence-electron chi connectivity index (χ3n) is 16.5. The Bertz CT molecular complexity index is 1740. The van der Waals surface area contributed by atoms with Gasteiger partial charge in [-0.05, 0) is 31.6 Å². The van der Waals surface area contributed by atoms with E-state index < -0.39 is 97.5 Å². The third-order valence-corrected chi connectivity index (χ3v) is 18.4. The van der Waals surface area contributed by atoms with Gasteiger partial charge in [0.25, 0.3) is 0 Å². The molecule has 19 heteroatoms. The number of rotatable bonds is 71. The molecule has 0 rings (SSSR count). The molecule has 0 aromatic heterocycles. The van der Waals surface area contributed by atoms with E-state index in [4.69, 9.17) is 37.0 Å². The van der Waals surface area contributed by atoms with E-state index in [1.54, 1.807) is 0 Å². The minimum absolute atomic E-state index is 0.105. The van der Waals surface area contributed by atoms with Crippen molar-refractivity contribution in [3.05, 3.63) is 0 Å². The van der Waals surface area contributed by atoms with Crippen molar-refractivity contribution in [3.8, 4) is 0 Å². The van der Waals surface area contributed by atoms with Gasteiger partial charge in [-0.1, -0.05) is 317 Å². The molecule has 17 nitrogen and oxygen atoms in total. The van der Waals surface area contributed by atoms with Gasteiger partial charge >= 0.3 is 39.5 Å². The van der Waals surface area contributed by atoms with Gasteiger partial charge in [0.05, 0.1) is 26.4 Å². The number of hydrogen-bond donors (Lipinski definition) is 3. The normalized spacial score (nSPS) is 14.1. The highest BCUT2D eigenvalue weighted by Gasteiger charge is 2.30. The van der Waals surface area contributed by atoms with Gasteiger partial charge < -0.3 is 33.8 Å². The molecule has 0 heterocycles. The van der Waals surface area contributed by atoms with Crippen molar-refractivity contribution in [3.63, 3.8) is 0 Å². The second-order valence-electron chi connectivity index (χ2n) is 26.1. The van der Waals surface area contributed by atoms with Crippen LogP contribution < -0.4 is 0 Å². The fourth-order valence-corrected chi connectivity index (χ4v) is 12.4. The highest BCUT2D eigenvalue weighted by atomic mass is 31.2. The maximum Gasteiger partial charge on any atom is 0.472 e. The van der Waals surface area contributed by atoms with Crippen molar-refractivity contribution in [2.45, 2.75) is 387 Å². The second kappa shape index (κ2) is 64.4. The van der Waals surface area contributed by atoms with Crippen LogP contribution in [-0.2, 0) is 65.4 Å². The molecular formula is C71H138O17P2. The molecule has 0 saturated heterocycles. The van der Waals surface area contributed by atoms with Gasteiger partial charge in [0, 0.05) is 25.7 Å². The Morgan fingerprint density at radius 1 is 0.300 bits per heavy atom. The lowest BCUT2D eigenvalue weighted by molar-refractivity contribution is -0.161. The highest BCUT2D eigenvalue weighted by molar-refractivity contribution is 7.47. The zero-order valence-electron chi connectivity index (χ0n) is 58.3. The Labute approximate surface area is 549 Å². The van der Waals surface area contributed by atoms with Gasteiger partial charge in [0.2, 0.25) is 0 Å². The molecule has 0 radical (unpaired) electrons. The van der Waals surface area contributed by atoms with Gasteiger partial charge in [0.1, 0.15) is 19.3 Å². The average Bonchev–Trinajstić information content (AvgIpc) is 3.73. The molecule has 5 atom stereocenters. The van der Waals surface area contributed by atoms with Crippen molar-refractivity contribution in [1.29, 1.82) is 0 Å². The molecule has 0 aromatic rings. The Kier molecular flexibility index (Phi) is 63.0. The lowest BCUT2D eigenvalue weighted by Gasteiger charge is -2.21. The van der Waals surface area contributed by atoms with E-state index in [0.29, 0.717) is 25.7 Å². The fraction of sp³-hybridized carbons (Fsp3) is 0.944. The van der Waals surface area contributed by atoms with Crippen LogP contribution in [0, 0.1) is 5.92 Å². The number of ether oxygens (including phenoxy) is 4. The van der Waals surface area contributed by atoms with Gasteiger partial charge in [0.15, 0.2) is 12.2 Å². The monoisotopic (exact) mass is 1320 g/mol. The molecular weight excluding hydrogens is 1190 g/mol. The maximum absolute atomic E-state index is 13.0. The zero-order valence-corrected chi connectivity index (χ0v) is 60.1. The Hall–Kier alpha value is -1.94. The predicted octanol–water partition coefficient (Wildman–Crippen LogP) is 20.5. The predicted molar refractivity (Wildman–Crippen MR) is 363 cm³/mol. The topological polar surface area (TPSA) is 237 Å². The fourth-order valence-electron chi connectivity index (χ4n) is 10.8. The zero-order chi connectivity index (χ0) is 66.3. The van der Waals surface area contributed by atoms with Gasteiger partial charge in [-0.25, -0.2) is 9.13 Å². The number of aliphatic hydroxyl groups is 1. The Balaban J connectivity index is 5.15. The van der Waals surface area contributed by atoms with E-state index >= 15 is 0 Å². The first-order valence-corrected chi connectivity index (χ1v) is 40.1. The molecule has 2 unspecified atom stereocenters. The van der Waals surface area contributed by atoms with Crippen LogP contribution >= 0.6 is 15.6 Å². The molecule has 0 aliphatic rings. The number of phosphoric acid groups is 2. The summed E-state index contributed by atoms with van der Waals surface area (Å²) >= 11 is 0. The number of aliphatic hydroxyl groups excluding tert-OH is 1. The van der Waals surface area contributed by atoms with Crippen molar-refractivity contribution < 1.29 is 80.2 Å². The molecule has 0 aliphatic heterocycles. The summed E-state index contributed by atoms with van der Waals surface area (Å²) in [5.41, 5.74) is 0. The number of carbonyl (C=O) groups excluding carboxylic acids is 4. The highest BCUT2D eigenvalue weighted by Crippen LogP contribution is 2.45. The van der Waals surface area contributed by atoms with E-state index in [2.05, 4.69) is 34.6 Å². The largest absolute Gasteiger partial charge is 0.472 e. The van der Waals surface area contributed by atoms with E-state index in [1.165, 1.54) is 180 Å². The van der Waals surface area contributed by atoms with Crippen LogP contribution in [0.5, 0.6) is 0 Å². The third kappa shape index (κ3) is 64.8. The van der Waals surface area contributed by atoms with Crippen LogP contribution in [0.2, 0.25) is 0 Å². The van der Waals surface area contributed by atoms with Crippen LogP contribution in [0.25, 0.3) is 0 Å². The summed E-state index contributed by atoms with van der Waals surface area (Å²) in [4.78, 5) is 72.4. The molecule has 0 fully saturated rings. The van der Waals surface area contributed by atoms with Gasteiger partial charge in [-0.15, -0.1) is 0 Å². The summed E-state index contributed by atoms with van der Waals surface area (Å²) in [6.07, 6.45) is 51.6. The Morgan fingerprint density at radius 2 is 0.511 bits per heavy atom. The summed E-state index contributed by atoms with van der Waals surface area (Å²) in [7, 11) is -9.89. The van der Waals surface area contributed by atoms with E-state index in [-0.39, 0.29) is 25.7 Å². The summed E-state index contributed by atoms with van der Waals surface area (Å²) < 4.78 is 68.1. The van der Waals surface area contributed by atoms with Crippen molar-refractivity contribution >= 4 is 39.5 Å². The summed E-state index contributed by atoms with van der Waals surface area (Å²) in [6.45, 7) is 7.20. The molecule has 0 saturated carbocycles. The van der Waals surface area contributed by atoms with Crippen LogP contribution in [0.15, 0.2) is 0 Å². The van der Waals surface area contributed by atoms with Crippen LogP contribution in [0.1, 0.15) is 369 Å². The lowest BCUT2D eigenvalue weighted by Crippen LogP contribution is -2.30. The number of phosphoric ester groups is 2. The SMILES string of the molecule is CCCCCCCCCCCCCCCCCCCCCCC(=O)O[C@H](COC(=O)CCCCCCCCCCCCCC(C)C)COP(=O)(O)OC[C@@H](O)COP(=O)(O)OC[C@@H](COC(=O)CCCCCCCCCC)OC(=O)CCCCCCCCCC. The summed E-state index contributed by atoms with van der Waals surface area (Å²) in [5, 5.41) is 10.6. The molecule has 534 valence electrons.